The minimum absolute atomic E-state index is 0.0391. The summed E-state index contributed by atoms with van der Waals surface area (Å²) in [5.41, 5.74) is 0. The molecule has 106 valence electrons. The van der Waals surface area contributed by atoms with E-state index in [0.717, 1.165) is 18.6 Å². The molecule has 2 heterocycles. The van der Waals surface area contributed by atoms with E-state index < -0.39 is 0 Å². The van der Waals surface area contributed by atoms with Crippen LogP contribution in [0.4, 0.5) is 4.79 Å². The number of allylic oxidation sites excluding steroid dienone is 1. The monoisotopic (exact) mass is 283 g/mol. The highest BCUT2D eigenvalue weighted by atomic mass is 32.2. The number of carbonyl (C=O) groups excluding carboxylic acids is 2. The number of nitrogens with one attached hydrogen (secondary N) is 3. The zero-order chi connectivity index (χ0) is 13.8. The first-order valence-electron chi connectivity index (χ1n) is 6.72. The maximum absolute atomic E-state index is 11.4. The molecule has 19 heavy (non-hydrogen) atoms. The Bertz CT molecular complexity index is 384. The zero-order valence-corrected chi connectivity index (χ0v) is 12.1. The summed E-state index contributed by atoms with van der Waals surface area (Å²) in [6, 6.07) is 0.640. The molecule has 0 bridgehead atoms. The third-order valence-corrected chi connectivity index (χ3v) is 4.76. The van der Waals surface area contributed by atoms with Crippen molar-refractivity contribution >= 4 is 23.7 Å². The van der Waals surface area contributed by atoms with Gasteiger partial charge >= 0.3 is 6.03 Å². The molecule has 0 spiro atoms. The summed E-state index contributed by atoms with van der Waals surface area (Å²) in [5.74, 6) is 0.939. The second-order valence-electron chi connectivity index (χ2n) is 5.26. The van der Waals surface area contributed by atoms with E-state index in [1.165, 1.54) is 0 Å². The van der Waals surface area contributed by atoms with Crippen LogP contribution in [0.1, 0.15) is 26.7 Å². The lowest BCUT2D eigenvalue weighted by molar-refractivity contribution is -0.116. The van der Waals surface area contributed by atoms with E-state index in [4.69, 9.17) is 0 Å². The predicted molar refractivity (Wildman–Crippen MR) is 77.1 cm³/mol. The van der Waals surface area contributed by atoms with Crippen LogP contribution in [0.15, 0.2) is 12.2 Å². The highest BCUT2D eigenvalue weighted by Crippen LogP contribution is 2.32. The molecule has 3 N–H and O–H groups in total. The number of urea groups is 1. The van der Waals surface area contributed by atoms with E-state index in [0.29, 0.717) is 5.25 Å². The second kappa shape index (κ2) is 6.32. The van der Waals surface area contributed by atoms with Crippen molar-refractivity contribution in [3.05, 3.63) is 12.2 Å². The fraction of sp³-hybridized carbons (Fsp3) is 0.692. The number of rotatable bonds is 5. The van der Waals surface area contributed by atoms with Crippen LogP contribution in [0, 0.1) is 0 Å². The molecule has 0 radical (unpaired) electrons. The Morgan fingerprint density at radius 2 is 2.32 bits per heavy atom. The molecule has 2 rings (SSSR count). The summed E-state index contributed by atoms with van der Waals surface area (Å²) in [4.78, 5) is 22.6. The van der Waals surface area contributed by atoms with Crippen molar-refractivity contribution in [1.82, 2.24) is 16.0 Å². The largest absolute Gasteiger partial charge is 0.350 e. The lowest BCUT2D eigenvalue weighted by atomic mass is 10.0. The predicted octanol–water partition coefficient (Wildman–Crippen LogP) is 1.01. The molecular weight excluding hydrogens is 262 g/mol. The molecule has 2 aliphatic rings. The highest BCUT2D eigenvalue weighted by molar-refractivity contribution is 8.00. The molecule has 0 saturated carbocycles. The van der Waals surface area contributed by atoms with Crippen molar-refractivity contribution < 1.29 is 9.59 Å². The van der Waals surface area contributed by atoms with Gasteiger partial charge in [-0.3, -0.25) is 4.79 Å². The normalized spacial score (nSPS) is 29.4. The molecule has 0 aromatic rings. The molecule has 3 amide bonds. The third kappa shape index (κ3) is 3.89. The van der Waals surface area contributed by atoms with Crippen LogP contribution in [0.3, 0.4) is 0 Å². The van der Waals surface area contributed by atoms with Crippen LogP contribution in [-0.2, 0) is 4.79 Å². The van der Waals surface area contributed by atoms with Gasteiger partial charge in [0, 0.05) is 17.0 Å². The van der Waals surface area contributed by atoms with Gasteiger partial charge in [-0.2, -0.15) is 11.8 Å². The van der Waals surface area contributed by atoms with Gasteiger partial charge in [0.2, 0.25) is 5.91 Å². The van der Waals surface area contributed by atoms with E-state index >= 15 is 0 Å². The van der Waals surface area contributed by atoms with Crippen molar-refractivity contribution in [2.24, 2.45) is 0 Å². The molecule has 2 aliphatic heterocycles. The van der Waals surface area contributed by atoms with Crippen LogP contribution in [0.25, 0.3) is 0 Å². The number of carbonyl (C=O) groups is 2. The number of hydrogen-bond donors (Lipinski definition) is 3. The molecule has 2 saturated heterocycles. The molecule has 0 aliphatic carbocycles. The highest BCUT2D eigenvalue weighted by Gasteiger charge is 2.42. The van der Waals surface area contributed by atoms with Gasteiger partial charge < -0.3 is 16.0 Å². The van der Waals surface area contributed by atoms with Crippen LogP contribution < -0.4 is 16.0 Å². The molecule has 6 heteroatoms. The quantitative estimate of drug-likeness (QED) is 0.521. The Labute approximate surface area is 118 Å². The summed E-state index contributed by atoms with van der Waals surface area (Å²) in [5, 5.41) is 9.15. The second-order valence-corrected chi connectivity index (χ2v) is 6.54. The number of amides is 3. The first-order valence-corrected chi connectivity index (χ1v) is 7.77. The third-order valence-electron chi connectivity index (χ3n) is 3.26. The van der Waals surface area contributed by atoms with Crippen LogP contribution >= 0.6 is 11.8 Å². The van der Waals surface area contributed by atoms with Gasteiger partial charge in [0.05, 0.1) is 12.1 Å². The molecular formula is C13H21N3O2S. The smallest absolute Gasteiger partial charge is 0.315 e. The first kappa shape index (κ1) is 14.2. The van der Waals surface area contributed by atoms with Gasteiger partial charge in [-0.05, 0) is 32.8 Å². The van der Waals surface area contributed by atoms with Gasteiger partial charge in [0.25, 0.3) is 0 Å². The first-order chi connectivity index (χ1) is 9.06. The minimum Gasteiger partial charge on any atom is -0.350 e. The Morgan fingerprint density at radius 1 is 1.53 bits per heavy atom. The van der Waals surface area contributed by atoms with Crippen LogP contribution in [0.2, 0.25) is 0 Å². The van der Waals surface area contributed by atoms with Crippen LogP contribution in [-0.4, -0.2) is 41.1 Å². The van der Waals surface area contributed by atoms with E-state index in [2.05, 4.69) is 16.0 Å². The Kier molecular flexibility index (Phi) is 4.74. The summed E-state index contributed by atoms with van der Waals surface area (Å²) in [6.07, 6.45) is 5.36. The SMILES string of the molecule is CC(C)NC(=O)/C=C/CC[C@@H]1SCC2NC(=O)NC21. The fourth-order valence-electron chi connectivity index (χ4n) is 2.43. The van der Waals surface area contributed by atoms with Gasteiger partial charge in [-0.15, -0.1) is 0 Å². The molecule has 3 atom stereocenters. The lowest BCUT2D eigenvalue weighted by Gasteiger charge is -2.15. The van der Waals surface area contributed by atoms with Crippen molar-refractivity contribution in [3.8, 4) is 0 Å². The van der Waals surface area contributed by atoms with E-state index in [1.807, 2.05) is 31.7 Å². The van der Waals surface area contributed by atoms with Crippen molar-refractivity contribution in [3.63, 3.8) is 0 Å². The van der Waals surface area contributed by atoms with E-state index in [1.54, 1.807) is 6.08 Å². The van der Waals surface area contributed by atoms with E-state index in [-0.39, 0.29) is 30.1 Å². The summed E-state index contributed by atoms with van der Waals surface area (Å²) < 4.78 is 0. The molecule has 2 unspecified atom stereocenters. The van der Waals surface area contributed by atoms with Crippen molar-refractivity contribution in [2.45, 2.75) is 50.1 Å². The summed E-state index contributed by atoms with van der Waals surface area (Å²) >= 11 is 1.89. The maximum atomic E-state index is 11.4. The summed E-state index contributed by atoms with van der Waals surface area (Å²) in [6.45, 7) is 3.88. The molecule has 0 aromatic carbocycles. The molecule has 2 fully saturated rings. The maximum Gasteiger partial charge on any atom is 0.315 e. The Balaban J connectivity index is 1.70. The zero-order valence-electron chi connectivity index (χ0n) is 11.3. The average molecular weight is 283 g/mol. The molecule has 0 aromatic heterocycles. The minimum atomic E-state index is -0.0489. The van der Waals surface area contributed by atoms with Crippen molar-refractivity contribution in [2.75, 3.05) is 5.75 Å². The van der Waals surface area contributed by atoms with Gasteiger partial charge in [0.15, 0.2) is 0 Å². The number of thioether (sulfide) groups is 1. The average Bonchev–Trinajstić information content (AvgIpc) is 2.83. The van der Waals surface area contributed by atoms with Gasteiger partial charge in [0.1, 0.15) is 0 Å². The van der Waals surface area contributed by atoms with Crippen molar-refractivity contribution in [1.29, 1.82) is 0 Å². The number of hydrogen-bond acceptors (Lipinski definition) is 3. The summed E-state index contributed by atoms with van der Waals surface area (Å²) in [7, 11) is 0. The fourth-order valence-corrected chi connectivity index (χ4v) is 3.94. The topological polar surface area (TPSA) is 70.2 Å². The lowest BCUT2D eigenvalue weighted by Crippen LogP contribution is -2.36. The Morgan fingerprint density at radius 3 is 3.05 bits per heavy atom. The number of fused-ring (bicyclic) bond motifs is 1. The van der Waals surface area contributed by atoms with E-state index in [9.17, 15) is 9.59 Å². The Hall–Kier alpha value is -1.17. The van der Waals surface area contributed by atoms with Crippen LogP contribution in [0.5, 0.6) is 0 Å². The standard InChI is InChI=1S/C13H21N3O2S/c1-8(2)14-11(17)6-4-3-5-10-12-9(7-19-10)15-13(18)16-12/h4,6,8-10,12H,3,5,7H2,1-2H3,(H,14,17)(H2,15,16,18)/b6-4+/t9?,10-,12?/m0/s1. The molecule has 5 nitrogen and oxygen atoms in total. The van der Waals surface area contributed by atoms with Gasteiger partial charge in [-0.1, -0.05) is 6.08 Å². The van der Waals surface area contributed by atoms with Gasteiger partial charge in [-0.25, -0.2) is 4.79 Å².